The third kappa shape index (κ3) is 3.99. The Morgan fingerprint density at radius 3 is 2.64 bits per heavy atom. The lowest BCUT2D eigenvalue weighted by Crippen LogP contribution is -2.58. The van der Waals surface area contributed by atoms with Crippen LogP contribution in [0.5, 0.6) is 5.75 Å². The summed E-state index contributed by atoms with van der Waals surface area (Å²) in [6, 6.07) is 15.0. The summed E-state index contributed by atoms with van der Waals surface area (Å²) in [4.78, 5) is 26.5. The van der Waals surface area contributed by atoms with Crippen LogP contribution in [-0.2, 0) is 22.6 Å². The maximum atomic E-state index is 12.8. The first kappa shape index (κ1) is 17.0. The molecule has 1 aliphatic rings. The topological polar surface area (TPSA) is 58.6 Å². The van der Waals surface area contributed by atoms with Crippen molar-refractivity contribution >= 4 is 11.8 Å². The quantitative estimate of drug-likeness (QED) is 0.908. The number of benzene rings is 2. The Hall–Kier alpha value is -2.82. The van der Waals surface area contributed by atoms with Gasteiger partial charge in [0.15, 0.2) is 0 Å². The van der Waals surface area contributed by atoms with Crippen LogP contribution in [0.4, 0.5) is 0 Å². The summed E-state index contributed by atoms with van der Waals surface area (Å²) in [5.74, 6) is 0.534. The van der Waals surface area contributed by atoms with E-state index >= 15 is 0 Å². The minimum atomic E-state index is -0.569. The Morgan fingerprint density at radius 2 is 1.92 bits per heavy atom. The Kier molecular flexibility index (Phi) is 5.03. The number of carbonyl (C=O) groups excluding carboxylic acids is 2. The van der Waals surface area contributed by atoms with Gasteiger partial charge < -0.3 is 15.0 Å². The zero-order valence-corrected chi connectivity index (χ0v) is 14.5. The number of rotatable bonds is 5. The molecule has 0 radical (unpaired) electrons. The molecule has 2 aromatic rings. The summed E-state index contributed by atoms with van der Waals surface area (Å²) >= 11 is 0. The third-order valence-electron chi connectivity index (χ3n) is 4.36. The minimum absolute atomic E-state index is 0.0630. The summed E-state index contributed by atoms with van der Waals surface area (Å²) in [6.45, 7) is 2.52. The van der Waals surface area contributed by atoms with E-state index in [9.17, 15) is 9.59 Å². The van der Waals surface area contributed by atoms with Crippen molar-refractivity contribution < 1.29 is 14.3 Å². The van der Waals surface area contributed by atoms with Gasteiger partial charge in [-0.3, -0.25) is 9.59 Å². The first-order valence-corrected chi connectivity index (χ1v) is 8.32. The van der Waals surface area contributed by atoms with Gasteiger partial charge in [-0.25, -0.2) is 0 Å². The molecule has 1 saturated heterocycles. The molecule has 1 fully saturated rings. The highest BCUT2D eigenvalue weighted by Crippen LogP contribution is 2.22. The van der Waals surface area contributed by atoms with Crippen LogP contribution in [0, 0.1) is 6.92 Å². The molecule has 5 nitrogen and oxygen atoms in total. The van der Waals surface area contributed by atoms with E-state index in [0.717, 1.165) is 22.4 Å². The number of piperazine rings is 1. The van der Waals surface area contributed by atoms with Crippen LogP contribution in [0.2, 0.25) is 0 Å². The Balaban J connectivity index is 1.78. The molecule has 2 aromatic carbocycles. The minimum Gasteiger partial charge on any atom is -0.496 e. The molecule has 130 valence electrons. The van der Waals surface area contributed by atoms with Crippen molar-refractivity contribution in [2.75, 3.05) is 13.7 Å². The maximum absolute atomic E-state index is 12.8. The van der Waals surface area contributed by atoms with Crippen molar-refractivity contribution in [3.63, 3.8) is 0 Å². The summed E-state index contributed by atoms with van der Waals surface area (Å²) in [5.41, 5.74) is 3.02. The van der Waals surface area contributed by atoms with Crippen molar-refractivity contribution in [1.82, 2.24) is 10.2 Å². The fourth-order valence-electron chi connectivity index (χ4n) is 3.14. The van der Waals surface area contributed by atoms with Gasteiger partial charge in [0, 0.05) is 13.0 Å². The smallest absolute Gasteiger partial charge is 0.246 e. The van der Waals surface area contributed by atoms with E-state index in [2.05, 4.69) is 5.32 Å². The van der Waals surface area contributed by atoms with E-state index in [-0.39, 0.29) is 18.4 Å². The normalized spacial score (nSPS) is 17.4. The molecule has 1 heterocycles. The Labute approximate surface area is 147 Å². The summed E-state index contributed by atoms with van der Waals surface area (Å²) in [6.07, 6.45) is 0.417. The number of aryl methyl sites for hydroxylation is 1. The number of nitrogens with one attached hydrogen (secondary N) is 1. The SMILES string of the molecule is COc1ccc(C)cc1C[C@H]1NC(=O)CN(Cc2ccccc2)C1=O. The third-order valence-corrected chi connectivity index (χ3v) is 4.36. The van der Waals surface area contributed by atoms with Crippen LogP contribution < -0.4 is 10.1 Å². The zero-order valence-electron chi connectivity index (χ0n) is 14.5. The molecular formula is C20H22N2O3. The number of ether oxygens (including phenoxy) is 1. The molecule has 2 amide bonds. The lowest BCUT2D eigenvalue weighted by atomic mass is 10.00. The zero-order chi connectivity index (χ0) is 17.8. The Bertz CT molecular complexity index is 774. The fraction of sp³-hybridized carbons (Fsp3) is 0.300. The molecular weight excluding hydrogens is 316 g/mol. The molecule has 1 N–H and O–H groups in total. The van der Waals surface area contributed by atoms with E-state index in [1.165, 1.54) is 0 Å². The molecule has 5 heteroatoms. The summed E-state index contributed by atoms with van der Waals surface area (Å²) in [7, 11) is 1.61. The van der Waals surface area contributed by atoms with Gasteiger partial charge in [-0.05, 0) is 24.1 Å². The number of nitrogens with zero attached hydrogens (tertiary/aromatic N) is 1. The molecule has 0 spiro atoms. The second kappa shape index (κ2) is 7.38. The van der Waals surface area contributed by atoms with Crippen molar-refractivity contribution in [1.29, 1.82) is 0 Å². The monoisotopic (exact) mass is 338 g/mol. The number of amides is 2. The highest BCUT2D eigenvalue weighted by atomic mass is 16.5. The fourth-order valence-corrected chi connectivity index (χ4v) is 3.14. The molecule has 25 heavy (non-hydrogen) atoms. The average molecular weight is 338 g/mol. The molecule has 0 bridgehead atoms. The first-order chi connectivity index (χ1) is 12.1. The predicted octanol–water partition coefficient (Wildman–Crippen LogP) is 2.07. The summed E-state index contributed by atoms with van der Waals surface area (Å²) < 4.78 is 5.39. The van der Waals surface area contributed by atoms with Crippen LogP contribution in [0.1, 0.15) is 16.7 Å². The molecule has 3 rings (SSSR count). The van der Waals surface area contributed by atoms with E-state index in [4.69, 9.17) is 4.74 Å². The van der Waals surface area contributed by atoms with Gasteiger partial charge in [-0.15, -0.1) is 0 Å². The van der Waals surface area contributed by atoms with Crippen LogP contribution in [-0.4, -0.2) is 36.4 Å². The van der Waals surface area contributed by atoms with Gasteiger partial charge in [-0.1, -0.05) is 48.0 Å². The van der Waals surface area contributed by atoms with E-state index in [1.807, 2.05) is 55.5 Å². The van der Waals surface area contributed by atoms with E-state index < -0.39 is 6.04 Å². The molecule has 0 unspecified atom stereocenters. The standard InChI is InChI=1S/C20H22N2O3/c1-14-8-9-18(25-2)16(10-14)11-17-20(24)22(13-19(23)21-17)12-15-6-4-3-5-7-15/h3-10,17H,11-13H2,1-2H3,(H,21,23)/t17-/m1/s1. The second-order valence-corrected chi connectivity index (χ2v) is 6.32. The van der Waals surface area contributed by atoms with Crippen LogP contribution in [0.3, 0.4) is 0 Å². The van der Waals surface area contributed by atoms with Gasteiger partial charge in [0.05, 0.1) is 13.7 Å². The maximum Gasteiger partial charge on any atom is 0.246 e. The van der Waals surface area contributed by atoms with Gasteiger partial charge in [0.25, 0.3) is 0 Å². The van der Waals surface area contributed by atoms with Gasteiger partial charge in [-0.2, -0.15) is 0 Å². The van der Waals surface area contributed by atoms with Crippen LogP contribution in [0.25, 0.3) is 0 Å². The highest BCUT2D eigenvalue weighted by molar-refractivity contribution is 5.95. The largest absolute Gasteiger partial charge is 0.496 e. The number of carbonyl (C=O) groups is 2. The Morgan fingerprint density at radius 1 is 1.16 bits per heavy atom. The first-order valence-electron chi connectivity index (χ1n) is 8.32. The molecule has 1 aliphatic heterocycles. The highest BCUT2D eigenvalue weighted by Gasteiger charge is 2.33. The van der Waals surface area contributed by atoms with E-state index in [0.29, 0.717) is 13.0 Å². The lowest BCUT2D eigenvalue weighted by Gasteiger charge is -2.33. The van der Waals surface area contributed by atoms with Crippen molar-refractivity contribution in [2.24, 2.45) is 0 Å². The van der Waals surface area contributed by atoms with Gasteiger partial charge in [0.1, 0.15) is 11.8 Å². The molecule has 0 saturated carbocycles. The molecule has 1 atom stereocenters. The predicted molar refractivity (Wildman–Crippen MR) is 95.2 cm³/mol. The van der Waals surface area contributed by atoms with Crippen molar-refractivity contribution in [2.45, 2.75) is 25.9 Å². The van der Waals surface area contributed by atoms with Crippen LogP contribution in [0.15, 0.2) is 48.5 Å². The van der Waals surface area contributed by atoms with Crippen LogP contribution >= 0.6 is 0 Å². The van der Waals surface area contributed by atoms with Crippen molar-refractivity contribution in [3.8, 4) is 5.75 Å². The van der Waals surface area contributed by atoms with Gasteiger partial charge >= 0.3 is 0 Å². The average Bonchev–Trinajstić information content (AvgIpc) is 2.60. The number of methoxy groups -OCH3 is 1. The van der Waals surface area contributed by atoms with Gasteiger partial charge in [0.2, 0.25) is 11.8 Å². The van der Waals surface area contributed by atoms with E-state index in [1.54, 1.807) is 12.0 Å². The molecule has 0 aliphatic carbocycles. The second-order valence-electron chi connectivity index (χ2n) is 6.32. The number of hydrogen-bond donors (Lipinski definition) is 1. The summed E-state index contributed by atoms with van der Waals surface area (Å²) in [5, 5.41) is 2.82. The van der Waals surface area contributed by atoms with Crippen molar-refractivity contribution in [3.05, 3.63) is 65.2 Å². The lowest BCUT2D eigenvalue weighted by molar-refractivity contribution is -0.144. The number of hydrogen-bond acceptors (Lipinski definition) is 3. The molecule has 0 aromatic heterocycles.